The van der Waals surface area contributed by atoms with Crippen LogP contribution in [0.4, 0.5) is 0 Å². The van der Waals surface area contributed by atoms with E-state index in [4.69, 9.17) is 0 Å². The van der Waals surface area contributed by atoms with E-state index < -0.39 is 0 Å². The van der Waals surface area contributed by atoms with Crippen LogP contribution in [0.1, 0.15) is 29.6 Å². The quantitative estimate of drug-likeness (QED) is 0.688. The molecule has 1 aromatic heterocycles. The summed E-state index contributed by atoms with van der Waals surface area (Å²) in [5.41, 5.74) is 1.77. The van der Waals surface area contributed by atoms with Crippen LogP contribution in [0.2, 0.25) is 0 Å². The van der Waals surface area contributed by atoms with Crippen LogP contribution < -0.4 is 0 Å². The number of hydrogen-bond acceptors (Lipinski definition) is 3. The van der Waals surface area contributed by atoms with Gasteiger partial charge in [-0.3, -0.25) is 9.59 Å². The lowest BCUT2D eigenvalue weighted by atomic mass is 9.89. The SMILES string of the molecule is O=C(c1ccc(O)cc1)C1CCN(C(=O)CCn2ccc3ccccc32)CC1. The number of phenols is 1. The molecule has 5 heteroatoms. The maximum atomic E-state index is 12.6. The largest absolute Gasteiger partial charge is 0.508 e. The number of fused-ring (bicyclic) bond motifs is 1. The van der Waals surface area contributed by atoms with Crippen molar-refractivity contribution in [3.8, 4) is 5.75 Å². The first-order valence-corrected chi connectivity index (χ1v) is 9.77. The maximum absolute atomic E-state index is 12.6. The Balaban J connectivity index is 1.30. The van der Waals surface area contributed by atoms with Crippen molar-refractivity contribution < 1.29 is 14.7 Å². The number of aryl methyl sites for hydroxylation is 1. The topological polar surface area (TPSA) is 62.5 Å². The molecule has 1 N–H and O–H groups in total. The number of Topliss-reactive ketones (excluding diaryl/α,β-unsaturated/α-hetero) is 1. The molecule has 1 saturated heterocycles. The number of para-hydroxylation sites is 1. The zero-order chi connectivity index (χ0) is 19.5. The molecule has 2 heterocycles. The Labute approximate surface area is 164 Å². The molecule has 3 aromatic rings. The number of phenolic OH excluding ortho intramolecular Hbond substituents is 1. The Kier molecular flexibility index (Phi) is 5.15. The second kappa shape index (κ2) is 7.89. The monoisotopic (exact) mass is 376 g/mol. The van der Waals surface area contributed by atoms with E-state index in [-0.39, 0.29) is 23.4 Å². The molecule has 0 aliphatic carbocycles. The first kappa shape index (κ1) is 18.3. The van der Waals surface area contributed by atoms with Crippen molar-refractivity contribution in [1.29, 1.82) is 0 Å². The van der Waals surface area contributed by atoms with E-state index in [1.165, 1.54) is 17.5 Å². The van der Waals surface area contributed by atoms with Crippen LogP contribution in [-0.4, -0.2) is 39.4 Å². The third-order valence-electron chi connectivity index (χ3n) is 5.62. The molecule has 0 bridgehead atoms. The van der Waals surface area contributed by atoms with Gasteiger partial charge in [-0.1, -0.05) is 18.2 Å². The number of nitrogens with zero attached hydrogens (tertiary/aromatic N) is 2. The molecular weight excluding hydrogens is 352 g/mol. The smallest absolute Gasteiger partial charge is 0.224 e. The average molecular weight is 376 g/mol. The summed E-state index contributed by atoms with van der Waals surface area (Å²) in [6.45, 7) is 1.91. The van der Waals surface area contributed by atoms with E-state index in [0.717, 1.165) is 5.52 Å². The van der Waals surface area contributed by atoms with Gasteiger partial charge >= 0.3 is 0 Å². The first-order valence-electron chi connectivity index (χ1n) is 9.77. The third kappa shape index (κ3) is 3.79. The summed E-state index contributed by atoms with van der Waals surface area (Å²) in [7, 11) is 0. The van der Waals surface area contributed by atoms with Gasteiger partial charge < -0.3 is 14.6 Å². The maximum Gasteiger partial charge on any atom is 0.224 e. The van der Waals surface area contributed by atoms with Crippen LogP contribution in [-0.2, 0) is 11.3 Å². The van der Waals surface area contributed by atoms with Gasteiger partial charge in [0.15, 0.2) is 5.78 Å². The fourth-order valence-corrected chi connectivity index (χ4v) is 3.96. The number of likely N-dealkylation sites (tertiary alicyclic amines) is 1. The second-order valence-corrected chi connectivity index (χ2v) is 7.38. The fourth-order valence-electron chi connectivity index (χ4n) is 3.96. The summed E-state index contributed by atoms with van der Waals surface area (Å²) >= 11 is 0. The molecule has 1 amide bonds. The van der Waals surface area contributed by atoms with E-state index in [1.54, 1.807) is 12.1 Å². The Morgan fingerprint density at radius 3 is 2.43 bits per heavy atom. The van der Waals surface area contributed by atoms with Gasteiger partial charge in [-0.2, -0.15) is 0 Å². The van der Waals surface area contributed by atoms with Crippen molar-refractivity contribution in [2.75, 3.05) is 13.1 Å². The summed E-state index contributed by atoms with van der Waals surface area (Å²) < 4.78 is 2.12. The molecule has 1 aliphatic rings. The van der Waals surface area contributed by atoms with Crippen LogP contribution in [0.15, 0.2) is 60.8 Å². The standard InChI is InChI=1S/C23H24N2O3/c26-20-7-5-18(6-8-20)23(28)19-10-14-25(15-11-19)22(27)12-16-24-13-9-17-3-1-2-4-21(17)24/h1-9,13,19,26H,10-12,14-16H2. The molecule has 0 atom stereocenters. The number of piperidine rings is 1. The second-order valence-electron chi connectivity index (χ2n) is 7.38. The van der Waals surface area contributed by atoms with Crippen molar-refractivity contribution in [3.05, 3.63) is 66.4 Å². The van der Waals surface area contributed by atoms with Crippen molar-refractivity contribution >= 4 is 22.6 Å². The molecular formula is C23H24N2O3. The molecule has 0 unspecified atom stereocenters. The normalized spacial score (nSPS) is 15.1. The minimum Gasteiger partial charge on any atom is -0.508 e. The van der Waals surface area contributed by atoms with Crippen molar-refractivity contribution in [2.24, 2.45) is 5.92 Å². The number of aromatic hydroxyl groups is 1. The lowest BCUT2D eigenvalue weighted by molar-refractivity contribution is -0.132. The van der Waals surface area contributed by atoms with Gasteiger partial charge in [0.05, 0.1) is 0 Å². The van der Waals surface area contributed by atoms with Crippen molar-refractivity contribution in [1.82, 2.24) is 9.47 Å². The van der Waals surface area contributed by atoms with Gasteiger partial charge in [-0.25, -0.2) is 0 Å². The number of ketones is 1. The Morgan fingerprint density at radius 1 is 0.964 bits per heavy atom. The van der Waals surface area contributed by atoms with Crippen LogP contribution in [0, 0.1) is 5.92 Å². The first-order chi connectivity index (χ1) is 13.6. The lowest BCUT2D eigenvalue weighted by Crippen LogP contribution is -2.40. The van der Waals surface area contributed by atoms with Gasteiger partial charge in [0.2, 0.25) is 5.91 Å². The fraction of sp³-hybridized carbons (Fsp3) is 0.304. The molecule has 0 spiro atoms. The molecule has 1 aliphatic heterocycles. The van der Waals surface area contributed by atoms with E-state index in [9.17, 15) is 14.7 Å². The third-order valence-corrected chi connectivity index (χ3v) is 5.62. The molecule has 5 nitrogen and oxygen atoms in total. The zero-order valence-corrected chi connectivity index (χ0v) is 15.8. The number of benzene rings is 2. The summed E-state index contributed by atoms with van der Waals surface area (Å²) in [6.07, 6.45) is 3.88. The number of rotatable bonds is 5. The summed E-state index contributed by atoms with van der Waals surface area (Å²) in [5.74, 6) is 0.355. The van der Waals surface area contributed by atoms with Crippen molar-refractivity contribution in [2.45, 2.75) is 25.8 Å². The highest BCUT2D eigenvalue weighted by Gasteiger charge is 2.27. The predicted octanol–water partition coefficient (Wildman–Crippen LogP) is 3.86. The Bertz CT molecular complexity index is 983. The highest BCUT2D eigenvalue weighted by Crippen LogP contribution is 2.23. The molecule has 0 radical (unpaired) electrons. The summed E-state index contributed by atoms with van der Waals surface area (Å²) in [4.78, 5) is 27.1. The zero-order valence-electron chi connectivity index (χ0n) is 15.8. The van der Waals surface area contributed by atoms with E-state index >= 15 is 0 Å². The van der Waals surface area contributed by atoms with Gasteiger partial charge in [0.25, 0.3) is 0 Å². The highest BCUT2D eigenvalue weighted by atomic mass is 16.3. The number of carbonyl (C=O) groups is 2. The van der Waals surface area contributed by atoms with E-state index in [2.05, 4.69) is 22.8 Å². The molecule has 4 rings (SSSR count). The highest BCUT2D eigenvalue weighted by molar-refractivity contribution is 5.98. The van der Waals surface area contributed by atoms with Gasteiger partial charge in [0, 0.05) is 49.2 Å². The molecule has 2 aromatic carbocycles. The van der Waals surface area contributed by atoms with Gasteiger partial charge in [-0.05, 0) is 54.6 Å². The molecule has 144 valence electrons. The summed E-state index contributed by atoms with van der Waals surface area (Å²) in [5, 5.41) is 10.5. The van der Waals surface area contributed by atoms with E-state index in [1.807, 2.05) is 23.2 Å². The van der Waals surface area contributed by atoms with Crippen LogP contribution in [0.5, 0.6) is 5.75 Å². The van der Waals surface area contributed by atoms with Crippen molar-refractivity contribution in [3.63, 3.8) is 0 Å². The molecule has 1 fully saturated rings. The minimum atomic E-state index is -0.0537. The minimum absolute atomic E-state index is 0.0537. The number of aromatic nitrogens is 1. The predicted molar refractivity (Wildman–Crippen MR) is 108 cm³/mol. The number of hydrogen-bond donors (Lipinski definition) is 1. The molecule has 0 saturated carbocycles. The van der Waals surface area contributed by atoms with E-state index in [0.29, 0.717) is 44.5 Å². The Hall–Kier alpha value is -3.08. The lowest BCUT2D eigenvalue weighted by Gasteiger charge is -2.31. The molecule has 28 heavy (non-hydrogen) atoms. The van der Waals surface area contributed by atoms with Crippen LogP contribution >= 0.6 is 0 Å². The summed E-state index contributed by atoms with van der Waals surface area (Å²) in [6, 6.07) is 16.6. The van der Waals surface area contributed by atoms with Gasteiger partial charge in [-0.15, -0.1) is 0 Å². The number of amides is 1. The number of carbonyl (C=O) groups excluding carboxylic acids is 2. The average Bonchev–Trinajstić information content (AvgIpc) is 3.15. The van der Waals surface area contributed by atoms with Crippen LogP contribution in [0.25, 0.3) is 10.9 Å². The van der Waals surface area contributed by atoms with Gasteiger partial charge in [0.1, 0.15) is 5.75 Å². The van der Waals surface area contributed by atoms with Crippen LogP contribution in [0.3, 0.4) is 0 Å². The Morgan fingerprint density at radius 2 is 1.68 bits per heavy atom.